The average molecular weight is 364 g/mol. The summed E-state index contributed by atoms with van der Waals surface area (Å²) in [7, 11) is 3.23. The first-order valence-electron chi connectivity index (χ1n) is 9.02. The zero-order valence-electron chi connectivity index (χ0n) is 15.7. The second kappa shape index (κ2) is 9.03. The minimum absolute atomic E-state index is 0.0328. The second-order valence-electron chi connectivity index (χ2n) is 6.28. The van der Waals surface area contributed by atoms with Gasteiger partial charge in [-0.15, -0.1) is 0 Å². The molecule has 1 aromatic heterocycles. The molecule has 0 aliphatic rings. The Hall–Kier alpha value is -3.08. The van der Waals surface area contributed by atoms with Crippen LogP contribution in [0.5, 0.6) is 11.5 Å². The smallest absolute Gasteiger partial charge is 0.220 e. The molecule has 0 unspecified atom stereocenters. The molecule has 0 aliphatic carbocycles. The molecule has 3 aromatic rings. The number of nitrogens with zero attached hydrogens (tertiary/aromatic N) is 1. The number of pyridine rings is 1. The summed E-state index contributed by atoms with van der Waals surface area (Å²) in [5.74, 6) is 1.43. The highest BCUT2D eigenvalue weighted by Crippen LogP contribution is 2.27. The van der Waals surface area contributed by atoms with Gasteiger partial charge in [0, 0.05) is 24.0 Å². The van der Waals surface area contributed by atoms with E-state index in [9.17, 15) is 4.79 Å². The van der Waals surface area contributed by atoms with Gasteiger partial charge < -0.3 is 14.8 Å². The summed E-state index contributed by atoms with van der Waals surface area (Å²) in [5.41, 5.74) is 2.98. The molecular formula is C22H24N2O3. The molecule has 1 amide bonds. The number of benzene rings is 2. The maximum absolute atomic E-state index is 12.1. The van der Waals surface area contributed by atoms with Crippen LogP contribution in [0.2, 0.25) is 0 Å². The molecule has 27 heavy (non-hydrogen) atoms. The first-order chi connectivity index (χ1) is 13.2. The Morgan fingerprint density at radius 2 is 1.78 bits per heavy atom. The molecular weight excluding hydrogens is 340 g/mol. The molecule has 5 nitrogen and oxygen atoms in total. The van der Waals surface area contributed by atoms with Gasteiger partial charge in [-0.3, -0.25) is 9.78 Å². The number of aromatic nitrogens is 1. The van der Waals surface area contributed by atoms with Crippen LogP contribution in [0.15, 0.2) is 54.6 Å². The fourth-order valence-electron chi connectivity index (χ4n) is 2.96. The highest BCUT2D eigenvalue weighted by molar-refractivity contribution is 5.79. The number of rotatable bonds is 8. The lowest BCUT2D eigenvalue weighted by Crippen LogP contribution is -2.26. The van der Waals surface area contributed by atoms with E-state index in [1.807, 2.05) is 54.6 Å². The summed E-state index contributed by atoms with van der Waals surface area (Å²) in [4.78, 5) is 16.7. The van der Waals surface area contributed by atoms with Crippen LogP contribution >= 0.6 is 0 Å². The Morgan fingerprint density at radius 3 is 2.59 bits per heavy atom. The van der Waals surface area contributed by atoms with E-state index in [2.05, 4.69) is 10.3 Å². The van der Waals surface area contributed by atoms with Crippen LogP contribution in [0, 0.1) is 0 Å². The fraction of sp³-hybridized carbons (Fsp3) is 0.273. The zero-order chi connectivity index (χ0) is 19.1. The molecule has 0 fully saturated rings. The van der Waals surface area contributed by atoms with Crippen LogP contribution in [-0.4, -0.2) is 31.7 Å². The van der Waals surface area contributed by atoms with Gasteiger partial charge in [-0.2, -0.15) is 0 Å². The van der Waals surface area contributed by atoms with Gasteiger partial charge in [0.2, 0.25) is 5.91 Å². The van der Waals surface area contributed by atoms with E-state index in [0.717, 1.165) is 28.6 Å². The molecule has 1 heterocycles. The van der Waals surface area contributed by atoms with Crippen molar-refractivity contribution in [3.05, 3.63) is 65.9 Å². The lowest BCUT2D eigenvalue weighted by Gasteiger charge is -2.10. The van der Waals surface area contributed by atoms with Crippen molar-refractivity contribution >= 4 is 16.8 Å². The van der Waals surface area contributed by atoms with Crippen LogP contribution in [0.4, 0.5) is 0 Å². The SMILES string of the molecule is COc1ccc(CCNC(=O)CCc2ccc3ccccc3n2)cc1OC. The number of ether oxygens (including phenoxy) is 2. The Labute approximate surface area is 159 Å². The Kier molecular flexibility index (Phi) is 6.26. The van der Waals surface area contributed by atoms with Crippen molar-refractivity contribution in [1.29, 1.82) is 0 Å². The highest BCUT2D eigenvalue weighted by Gasteiger charge is 2.06. The minimum atomic E-state index is 0.0328. The van der Waals surface area contributed by atoms with Gasteiger partial charge in [-0.1, -0.05) is 30.3 Å². The molecule has 0 aliphatic heterocycles. The number of carbonyl (C=O) groups excluding carboxylic acids is 1. The molecule has 0 saturated carbocycles. The molecule has 0 saturated heterocycles. The molecule has 5 heteroatoms. The Balaban J connectivity index is 1.46. The summed E-state index contributed by atoms with van der Waals surface area (Å²) in [6.45, 7) is 0.583. The Bertz CT molecular complexity index is 924. The summed E-state index contributed by atoms with van der Waals surface area (Å²) in [6, 6.07) is 17.8. The lowest BCUT2D eigenvalue weighted by atomic mass is 10.1. The summed E-state index contributed by atoms with van der Waals surface area (Å²) < 4.78 is 10.5. The maximum Gasteiger partial charge on any atom is 0.220 e. The van der Waals surface area contributed by atoms with E-state index < -0.39 is 0 Å². The van der Waals surface area contributed by atoms with Gasteiger partial charge in [0.25, 0.3) is 0 Å². The maximum atomic E-state index is 12.1. The predicted molar refractivity (Wildman–Crippen MR) is 106 cm³/mol. The molecule has 0 atom stereocenters. The van der Waals surface area contributed by atoms with Crippen molar-refractivity contribution in [3.8, 4) is 11.5 Å². The third-order valence-electron chi connectivity index (χ3n) is 4.45. The van der Waals surface area contributed by atoms with Gasteiger partial charge >= 0.3 is 0 Å². The summed E-state index contributed by atoms with van der Waals surface area (Å²) in [6.07, 6.45) is 1.80. The van der Waals surface area contributed by atoms with Crippen molar-refractivity contribution in [2.75, 3.05) is 20.8 Å². The number of para-hydroxylation sites is 1. The van der Waals surface area contributed by atoms with E-state index in [-0.39, 0.29) is 5.91 Å². The highest BCUT2D eigenvalue weighted by atomic mass is 16.5. The summed E-state index contributed by atoms with van der Waals surface area (Å²) in [5, 5.41) is 4.08. The number of methoxy groups -OCH3 is 2. The van der Waals surface area contributed by atoms with Crippen LogP contribution in [0.3, 0.4) is 0 Å². The van der Waals surface area contributed by atoms with Crippen molar-refractivity contribution in [3.63, 3.8) is 0 Å². The number of hydrogen-bond donors (Lipinski definition) is 1. The molecule has 0 spiro atoms. The first-order valence-corrected chi connectivity index (χ1v) is 9.02. The number of nitrogens with one attached hydrogen (secondary N) is 1. The molecule has 1 N–H and O–H groups in total. The monoisotopic (exact) mass is 364 g/mol. The van der Waals surface area contributed by atoms with Crippen molar-refractivity contribution in [1.82, 2.24) is 10.3 Å². The largest absolute Gasteiger partial charge is 0.493 e. The van der Waals surface area contributed by atoms with E-state index in [1.165, 1.54) is 0 Å². The predicted octanol–water partition coefficient (Wildman–Crippen LogP) is 3.54. The van der Waals surface area contributed by atoms with Gasteiger partial charge in [0.1, 0.15) is 0 Å². The minimum Gasteiger partial charge on any atom is -0.493 e. The topological polar surface area (TPSA) is 60.5 Å². The summed E-state index contributed by atoms with van der Waals surface area (Å²) >= 11 is 0. The molecule has 2 aromatic carbocycles. The van der Waals surface area contributed by atoms with Crippen molar-refractivity contribution in [2.24, 2.45) is 0 Å². The average Bonchev–Trinajstić information content (AvgIpc) is 2.72. The van der Waals surface area contributed by atoms with E-state index in [0.29, 0.717) is 30.9 Å². The van der Waals surface area contributed by atoms with Gasteiger partial charge in [0.15, 0.2) is 11.5 Å². The van der Waals surface area contributed by atoms with E-state index in [4.69, 9.17) is 9.47 Å². The second-order valence-corrected chi connectivity index (χ2v) is 6.28. The lowest BCUT2D eigenvalue weighted by molar-refractivity contribution is -0.121. The number of hydrogen-bond acceptors (Lipinski definition) is 4. The number of aryl methyl sites for hydroxylation is 1. The van der Waals surface area contributed by atoms with Gasteiger partial charge in [-0.05, 0) is 42.7 Å². The molecule has 0 radical (unpaired) electrons. The quantitative estimate of drug-likeness (QED) is 0.664. The number of amides is 1. The van der Waals surface area contributed by atoms with Crippen LogP contribution in [-0.2, 0) is 17.6 Å². The van der Waals surface area contributed by atoms with Crippen LogP contribution < -0.4 is 14.8 Å². The van der Waals surface area contributed by atoms with Crippen LogP contribution in [0.1, 0.15) is 17.7 Å². The fourth-order valence-corrected chi connectivity index (χ4v) is 2.96. The van der Waals surface area contributed by atoms with Gasteiger partial charge in [0.05, 0.1) is 19.7 Å². The third-order valence-corrected chi connectivity index (χ3v) is 4.45. The number of fused-ring (bicyclic) bond motifs is 1. The van der Waals surface area contributed by atoms with Gasteiger partial charge in [-0.25, -0.2) is 0 Å². The third kappa shape index (κ3) is 4.97. The van der Waals surface area contributed by atoms with E-state index in [1.54, 1.807) is 14.2 Å². The molecule has 0 bridgehead atoms. The molecule has 3 rings (SSSR count). The van der Waals surface area contributed by atoms with Crippen LogP contribution in [0.25, 0.3) is 10.9 Å². The number of carbonyl (C=O) groups is 1. The molecule has 140 valence electrons. The zero-order valence-corrected chi connectivity index (χ0v) is 15.7. The Morgan fingerprint density at radius 1 is 0.963 bits per heavy atom. The van der Waals surface area contributed by atoms with Crippen molar-refractivity contribution < 1.29 is 14.3 Å². The standard InChI is InChI=1S/C22H24N2O3/c1-26-20-11-7-16(15-21(20)27-2)13-14-23-22(25)12-10-18-9-8-17-5-3-4-6-19(17)24-18/h3-9,11,15H,10,12-14H2,1-2H3,(H,23,25). The first kappa shape index (κ1) is 18.7. The van der Waals surface area contributed by atoms with Crippen molar-refractivity contribution in [2.45, 2.75) is 19.3 Å². The normalized spacial score (nSPS) is 10.6. The van der Waals surface area contributed by atoms with E-state index >= 15 is 0 Å².